The van der Waals surface area contributed by atoms with Crippen LogP contribution >= 0.6 is 23.1 Å². The average Bonchev–Trinajstić information content (AvgIpc) is 3.24. The molecule has 31 heavy (non-hydrogen) atoms. The first-order valence-electron chi connectivity index (χ1n) is 10.7. The fraction of sp³-hybridized carbons (Fsp3) is 0.591. The molecular formula is C22H30N4O3S2. The van der Waals surface area contributed by atoms with Crippen LogP contribution in [0, 0.1) is 13.8 Å². The van der Waals surface area contributed by atoms with Crippen molar-refractivity contribution in [2.24, 2.45) is 0 Å². The van der Waals surface area contributed by atoms with E-state index >= 15 is 0 Å². The molecular weight excluding hydrogens is 432 g/mol. The molecule has 0 aromatic carbocycles. The maximum absolute atomic E-state index is 6.06. The average molecular weight is 463 g/mol. The Hall–Kier alpha value is -1.52. The third-order valence-electron chi connectivity index (χ3n) is 5.15. The van der Waals surface area contributed by atoms with Crippen LogP contribution in [-0.4, -0.2) is 50.6 Å². The standard InChI is InChI=1S/C22H30N4O3S2/c1-7-27-17(28-8-2)12-30-19-18-15-10-22(5,6)29-11-16(15)31-20(18)24-21(23-19)26-14(4)9-13(3)25-26/h9,17H,7-8,10-12H2,1-6H3. The zero-order valence-electron chi connectivity index (χ0n) is 19.0. The normalized spacial score (nSPS) is 15.7. The van der Waals surface area contributed by atoms with Crippen LogP contribution in [-0.2, 0) is 27.2 Å². The first kappa shape index (κ1) is 22.7. The third kappa shape index (κ3) is 4.80. The molecule has 0 aliphatic carbocycles. The number of rotatable bonds is 8. The SMILES string of the molecule is CCOC(CSc1nc(-n2nc(C)cc2C)nc2sc3c(c12)CC(C)(C)OC3)OCC. The minimum atomic E-state index is -0.267. The van der Waals surface area contributed by atoms with Crippen molar-refractivity contribution in [1.82, 2.24) is 19.7 Å². The van der Waals surface area contributed by atoms with Crippen LogP contribution in [0.2, 0.25) is 0 Å². The number of aryl methyl sites for hydroxylation is 2. The van der Waals surface area contributed by atoms with Crippen LogP contribution in [0.1, 0.15) is 49.5 Å². The van der Waals surface area contributed by atoms with Gasteiger partial charge in [-0.05, 0) is 53.2 Å². The molecule has 0 radical (unpaired) electrons. The second kappa shape index (κ2) is 9.15. The van der Waals surface area contributed by atoms with Gasteiger partial charge in [0.1, 0.15) is 9.86 Å². The van der Waals surface area contributed by atoms with E-state index in [-0.39, 0.29) is 11.9 Å². The Morgan fingerprint density at radius 3 is 2.61 bits per heavy atom. The zero-order chi connectivity index (χ0) is 22.2. The van der Waals surface area contributed by atoms with Crippen LogP contribution in [0.3, 0.4) is 0 Å². The number of nitrogens with zero attached hydrogens (tertiary/aromatic N) is 4. The van der Waals surface area contributed by atoms with Crippen molar-refractivity contribution in [3.8, 4) is 5.95 Å². The van der Waals surface area contributed by atoms with E-state index in [1.54, 1.807) is 23.1 Å². The topological polar surface area (TPSA) is 71.3 Å². The molecule has 0 N–H and O–H groups in total. The summed E-state index contributed by atoms with van der Waals surface area (Å²) in [7, 11) is 0. The van der Waals surface area contributed by atoms with Crippen LogP contribution in [0.5, 0.6) is 0 Å². The van der Waals surface area contributed by atoms with Crippen molar-refractivity contribution in [3.05, 3.63) is 27.9 Å². The van der Waals surface area contributed by atoms with Gasteiger partial charge in [0, 0.05) is 35.6 Å². The van der Waals surface area contributed by atoms with Gasteiger partial charge in [-0.25, -0.2) is 9.67 Å². The van der Waals surface area contributed by atoms with Gasteiger partial charge in [-0.1, -0.05) is 0 Å². The largest absolute Gasteiger partial charge is 0.370 e. The fourth-order valence-electron chi connectivity index (χ4n) is 3.79. The first-order chi connectivity index (χ1) is 14.8. The molecule has 0 amide bonds. The summed E-state index contributed by atoms with van der Waals surface area (Å²) in [6, 6.07) is 2.04. The summed E-state index contributed by atoms with van der Waals surface area (Å²) in [5.41, 5.74) is 3.07. The van der Waals surface area contributed by atoms with E-state index in [1.807, 2.05) is 38.4 Å². The van der Waals surface area contributed by atoms with E-state index in [4.69, 9.17) is 24.2 Å². The lowest BCUT2D eigenvalue weighted by Gasteiger charge is -2.30. The molecule has 0 spiro atoms. The molecule has 0 atom stereocenters. The maximum atomic E-state index is 6.06. The predicted molar refractivity (Wildman–Crippen MR) is 124 cm³/mol. The molecule has 0 unspecified atom stereocenters. The molecule has 3 aromatic heterocycles. The lowest BCUT2D eigenvalue weighted by molar-refractivity contribution is -0.120. The van der Waals surface area contributed by atoms with Gasteiger partial charge in [0.25, 0.3) is 5.95 Å². The lowest BCUT2D eigenvalue weighted by Crippen LogP contribution is -2.31. The summed E-state index contributed by atoms with van der Waals surface area (Å²) in [5, 5.41) is 6.69. The Morgan fingerprint density at radius 2 is 1.97 bits per heavy atom. The molecule has 1 aliphatic heterocycles. The van der Waals surface area contributed by atoms with Gasteiger partial charge in [-0.3, -0.25) is 0 Å². The van der Waals surface area contributed by atoms with E-state index < -0.39 is 0 Å². The van der Waals surface area contributed by atoms with E-state index in [0.717, 1.165) is 33.1 Å². The molecule has 4 rings (SSSR count). The van der Waals surface area contributed by atoms with Gasteiger partial charge in [0.15, 0.2) is 6.29 Å². The number of thiophene rings is 1. The van der Waals surface area contributed by atoms with Crippen molar-refractivity contribution >= 4 is 33.3 Å². The highest BCUT2D eigenvalue weighted by molar-refractivity contribution is 7.99. The minimum absolute atomic E-state index is 0.198. The molecule has 0 bridgehead atoms. The second-order valence-electron chi connectivity index (χ2n) is 8.23. The van der Waals surface area contributed by atoms with Crippen LogP contribution in [0.25, 0.3) is 16.2 Å². The fourth-order valence-corrected chi connectivity index (χ4v) is 5.95. The van der Waals surface area contributed by atoms with Gasteiger partial charge in [-0.15, -0.1) is 23.1 Å². The Kier molecular flexibility index (Phi) is 6.69. The van der Waals surface area contributed by atoms with Crippen molar-refractivity contribution in [2.75, 3.05) is 19.0 Å². The zero-order valence-corrected chi connectivity index (χ0v) is 20.7. The first-order valence-corrected chi connectivity index (χ1v) is 12.5. The number of aromatic nitrogens is 4. The van der Waals surface area contributed by atoms with E-state index in [2.05, 4.69) is 18.9 Å². The summed E-state index contributed by atoms with van der Waals surface area (Å²) in [4.78, 5) is 12.1. The Bertz CT molecular complexity index is 1070. The van der Waals surface area contributed by atoms with Gasteiger partial charge < -0.3 is 14.2 Å². The molecule has 7 nitrogen and oxygen atoms in total. The molecule has 3 aromatic rings. The maximum Gasteiger partial charge on any atom is 0.253 e. The van der Waals surface area contributed by atoms with Crippen molar-refractivity contribution in [2.45, 2.75) is 71.5 Å². The molecule has 0 saturated carbocycles. The molecule has 0 fully saturated rings. The lowest BCUT2D eigenvalue weighted by atomic mass is 9.95. The number of thioether (sulfide) groups is 1. The predicted octanol–water partition coefficient (Wildman–Crippen LogP) is 4.84. The second-order valence-corrected chi connectivity index (χ2v) is 10.3. The van der Waals surface area contributed by atoms with E-state index in [9.17, 15) is 0 Å². The van der Waals surface area contributed by atoms with Gasteiger partial charge in [0.2, 0.25) is 0 Å². The van der Waals surface area contributed by atoms with Gasteiger partial charge >= 0.3 is 0 Å². The molecule has 9 heteroatoms. The van der Waals surface area contributed by atoms with Gasteiger partial charge in [-0.2, -0.15) is 10.1 Å². The quantitative estimate of drug-likeness (QED) is 0.270. The summed E-state index contributed by atoms with van der Waals surface area (Å²) < 4.78 is 19.4. The molecule has 0 saturated heterocycles. The minimum Gasteiger partial charge on any atom is -0.370 e. The monoisotopic (exact) mass is 462 g/mol. The highest BCUT2D eigenvalue weighted by Crippen LogP contribution is 2.42. The highest BCUT2D eigenvalue weighted by Gasteiger charge is 2.31. The van der Waals surface area contributed by atoms with E-state index in [1.165, 1.54) is 10.4 Å². The molecule has 4 heterocycles. The Labute approximate surface area is 191 Å². The highest BCUT2D eigenvalue weighted by atomic mass is 32.2. The molecule has 168 valence electrons. The smallest absolute Gasteiger partial charge is 0.253 e. The molecule has 1 aliphatic rings. The van der Waals surface area contributed by atoms with Gasteiger partial charge in [0.05, 0.1) is 23.7 Å². The summed E-state index contributed by atoms with van der Waals surface area (Å²) in [5.74, 6) is 1.26. The number of hydrogen-bond acceptors (Lipinski definition) is 8. The Morgan fingerprint density at radius 1 is 1.23 bits per heavy atom. The Balaban J connectivity index is 1.80. The van der Waals surface area contributed by atoms with Crippen LogP contribution in [0.15, 0.2) is 11.1 Å². The van der Waals surface area contributed by atoms with Crippen LogP contribution < -0.4 is 0 Å². The summed E-state index contributed by atoms with van der Waals surface area (Å²) >= 11 is 3.36. The third-order valence-corrected chi connectivity index (χ3v) is 7.25. The van der Waals surface area contributed by atoms with Crippen molar-refractivity contribution in [3.63, 3.8) is 0 Å². The van der Waals surface area contributed by atoms with Crippen molar-refractivity contribution in [1.29, 1.82) is 0 Å². The number of hydrogen-bond donors (Lipinski definition) is 0. The summed E-state index contributed by atoms with van der Waals surface area (Å²) in [6.07, 6.45) is 0.579. The van der Waals surface area contributed by atoms with Crippen LogP contribution in [0.4, 0.5) is 0 Å². The summed E-state index contributed by atoms with van der Waals surface area (Å²) in [6.45, 7) is 14.1. The number of ether oxygens (including phenoxy) is 3. The van der Waals surface area contributed by atoms with E-state index in [0.29, 0.717) is 31.5 Å². The number of fused-ring (bicyclic) bond motifs is 3. The van der Waals surface area contributed by atoms with Crippen molar-refractivity contribution < 1.29 is 14.2 Å².